The molecular weight excluding hydrogens is 301 g/mol. The maximum absolute atomic E-state index is 13.8. The number of hydrogen-bond donors (Lipinski definition) is 2. The third kappa shape index (κ3) is 2.27. The maximum atomic E-state index is 13.8. The van der Waals surface area contributed by atoms with Crippen LogP contribution in [0.3, 0.4) is 0 Å². The van der Waals surface area contributed by atoms with Gasteiger partial charge < -0.3 is 10.0 Å². The zero-order valence-electron chi connectivity index (χ0n) is 12.4. The molecule has 2 fully saturated rings. The van der Waals surface area contributed by atoms with E-state index in [1.165, 1.54) is 6.07 Å². The van der Waals surface area contributed by atoms with Gasteiger partial charge in [-0.25, -0.2) is 9.37 Å². The number of phenolic OH excluding ortho intramolecular Hbond substituents is 1. The van der Waals surface area contributed by atoms with Gasteiger partial charge in [0.05, 0.1) is 5.52 Å². The second-order valence-corrected chi connectivity index (χ2v) is 6.59. The molecule has 23 heavy (non-hydrogen) atoms. The van der Waals surface area contributed by atoms with E-state index >= 15 is 0 Å². The summed E-state index contributed by atoms with van der Waals surface area (Å²) in [6.45, 7) is 1.39. The molecule has 0 bridgehead atoms. The molecule has 4 rings (SSSR count). The number of fused-ring (bicyclic) bond motifs is 1. The standard InChI is InChI=1S/C16H16FN3O3/c17-11-5-9(21)6-12-13(11)14(23)19-15(18-12)20-3-1-16(2-4-20)7-10(22)8-16/h5-6,21H,1-4,7-8H2,(H,18,19,23). The van der Waals surface area contributed by atoms with Crippen molar-refractivity contribution in [2.24, 2.45) is 5.41 Å². The van der Waals surface area contributed by atoms with Gasteiger partial charge >= 0.3 is 0 Å². The molecule has 1 saturated heterocycles. The lowest BCUT2D eigenvalue weighted by molar-refractivity contribution is -0.133. The SMILES string of the molecule is O=C1CC2(CCN(c3nc4cc(O)cc(F)c4c(=O)[nH]3)CC2)C1. The molecule has 1 aliphatic heterocycles. The van der Waals surface area contributed by atoms with Gasteiger partial charge in [-0.05, 0) is 18.3 Å². The molecule has 0 amide bonds. The third-order valence-electron chi connectivity index (χ3n) is 5.00. The summed E-state index contributed by atoms with van der Waals surface area (Å²) in [6.07, 6.45) is 3.08. The molecule has 1 spiro atoms. The Morgan fingerprint density at radius 2 is 1.91 bits per heavy atom. The van der Waals surface area contributed by atoms with Crippen LogP contribution < -0.4 is 10.5 Å². The molecule has 1 saturated carbocycles. The molecule has 2 aliphatic rings. The number of aromatic nitrogens is 2. The highest BCUT2D eigenvalue weighted by atomic mass is 19.1. The molecule has 2 heterocycles. The van der Waals surface area contributed by atoms with E-state index in [-0.39, 0.29) is 22.1 Å². The molecule has 120 valence electrons. The highest BCUT2D eigenvalue weighted by Gasteiger charge is 2.45. The number of nitrogens with zero attached hydrogens (tertiary/aromatic N) is 2. The van der Waals surface area contributed by atoms with Crippen molar-refractivity contribution in [2.75, 3.05) is 18.0 Å². The molecular formula is C16H16FN3O3. The third-order valence-corrected chi connectivity index (χ3v) is 5.00. The van der Waals surface area contributed by atoms with Crippen molar-refractivity contribution in [3.05, 3.63) is 28.3 Å². The average Bonchev–Trinajstić information content (AvgIpc) is 2.45. The van der Waals surface area contributed by atoms with Crippen molar-refractivity contribution in [3.63, 3.8) is 0 Å². The lowest BCUT2D eigenvalue weighted by Crippen LogP contribution is -2.48. The van der Waals surface area contributed by atoms with Crippen LogP contribution in [0.5, 0.6) is 5.75 Å². The number of H-pyrrole nitrogens is 1. The normalized spacial score (nSPS) is 20.0. The lowest BCUT2D eigenvalue weighted by atomic mass is 9.62. The van der Waals surface area contributed by atoms with Crippen molar-refractivity contribution >= 4 is 22.6 Å². The zero-order valence-corrected chi connectivity index (χ0v) is 12.4. The molecule has 0 atom stereocenters. The monoisotopic (exact) mass is 317 g/mol. The molecule has 1 aliphatic carbocycles. The zero-order chi connectivity index (χ0) is 16.2. The first kappa shape index (κ1) is 14.2. The Morgan fingerprint density at radius 1 is 1.22 bits per heavy atom. The van der Waals surface area contributed by atoms with E-state index in [1.54, 1.807) is 0 Å². The van der Waals surface area contributed by atoms with E-state index < -0.39 is 11.4 Å². The van der Waals surface area contributed by atoms with E-state index in [2.05, 4.69) is 9.97 Å². The van der Waals surface area contributed by atoms with Crippen LogP contribution in [0.25, 0.3) is 10.9 Å². The fourth-order valence-electron chi connectivity index (χ4n) is 3.68. The second kappa shape index (κ2) is 4.78. The van der Waals surface area contributed by atoms with Crippen LogP contribution in [0.15, 0.2) is 16.9 Å². The van der Waals surface area contributed by atoms with Gasteiger partial charge in [0.25, 0.3) is 5.56 Å². The Bertz CT molecular complexity index is 859. The van der Waals surface area contributed by atoms with E-state index in [9.17, 15) is 19.1 Å². The van der Waals surface area contributed by atoms with Crippen molar-refractivity contribution < 1.29 is 14.3 Å². The first-order valence-electron chi connectivity index (χ1n) is 7.65. The summed E-state index contributed by atoms with van der Waals surface area (Å²) in [5.41, 5.74) is -0.281. The number of carbonyl (C=O) groups excluding carboxylic acids is 1. The number of aromatic amines is 1. The Hall–Kier alpha value is -2.44. The number of halogens is 1. The summed E-state index contributed by atoms with van der Waals surface area (Å²) in [4.78, 5) is 32.2. The first-order chi connectivity index (χ1) is 11.0. The van der Waals surface area contributed by atoms with Gasteiger partial charge in [0.2, 0.25) is 5.95 Å². The number of piperidine rings is 1. The Labute approximate surface area is 131 Å². The van der Waals surface area contributed by atoms with E-state index in [1.807, 2.05) is 4.90 Å². The lowest BCUT2D eigenvalue weighted by Gasteiger charge is -2.46. The van der Waals surface area contributed by atoms with Crippen LogP contribution in [-0.4, -0.2) is 33.9 Å². The van der Waals surface area contributed by atoms with Crippen LogP contribution in [-0.2, 0) is 4.79 Å². The topological polar surface area (TPSA) is 86.3 Å². The van der Waals surface area contributed by atoms with E-state index in [0.717, 1.165) is 18.9 Å². The molecule has 2 aromatic rings. The Morgan fingerprint density at radius 3 is 2.57 bits per heavy atom. The number of anilines is 1. The average molecular weight is 317 g/mol. The largest absolute Gasteiger partial charge is 0.508 e. The van der Waals surface area contributed by atoms with Crippen molar-refractivity contribution in [1.29, 1.82) is 0 Å². The van der Waals surface area contributed by atoms with Gasteiger partial charge in [-0.3, -0.25) is 14.6 Å². The number of phenols is 1. The molecule has 7 heteroatoms. The van der Waals surface area contributed by atoms with E-state index in [4.69, 9.17) is 0 Å². The summed E-state index contributed by atoms with van der Waals surface area (Å²) >= 11 is 0. The molecule has 0 unspecified atom stereocenters. The second-order valence-electron chi connectivity index (χ2n) is 6.59. The van der Waals surface area contributed by atoms with Crippen molar-refractivity contribution in [1.82, 2.24) is 9.97 Å². The van der Waals surface area contributed by atoms with Gasteiger partial charge in [-0.2, -0.15) is 0 Å². The predicted octanol–water partition coefficient (Wildman–Crippen LogP) is 1.72. The Balaban J connectivity index is 1.65. The Kier molecular flexibility index (Phi) is 2.94. The van der Waals surface area contributed by atoms with Crippen LogP contribution in [0.4, 0.5) is 10.3 Å². The van der Waals surface area contributed by atoms with Gasteiger partial charge in [0.15, 0.2) is 0 Å². The number of hydrogen-bond acceptors (Lipinski definition) is 5. The number of aromatic hydroxyl groups is 1. The smallest absolute Gasteiger partial charge is 0.263 e. The minimum atomic E-state index is -0.786. The van der Waals surface area contributed by atoms with Crippen LogP contribution >= 0.6 is 0 Å². The number of nitrogens with one attached hydrogen (secondary N) is 1. The number of benzene rings is 1. The van der Waals surface area contributed by atoms with Gasteiger partial charge in [-0.1, -0.05) is 0 Å². The van der Waals surface area contributed by atoms with Gasteiger partial charge in [-0.15, -0.1) is 0 Å². The van der Waals surface area contributed by atoms with Gasteiger partial charge in [0, 0.05) is 38.1 Å². The number of ketones is 1. The summed E-state index contributed by atoms with van der Waals surface area (Å²) < 4.78 is 13.8. The van der Waals surface area contributed by atoms with Crippen LogP contribution in [0.2, 0.25) is 0 Å². The first-order valence-corrected chi connectivity index (χ1v) is 7.65. The van der Waals surface area contributed by atoms with Gasteiger partial charge in [0.1, 0.15) is 22.7 Å². The fraction of sp³-hybridized carbons (Fsp3) is 0.438. The van der Waals surface area contributed by atoms with Crippen LogP contribution in [0.1, 0.15) is 25.7 Å². The summed E-state index contributed by atoms with van der Waals surface area (Å²) in [5.74, 6) is -0.342. The molecule has 1 aromatic carbocycles. The number of rotatable bonds is 1. The quantitative estimate of drug-likeness (QED) is 0.836. The summed E-state index contributed by atoms with van der Waals surface area (Å²) in [6, 6.07) is 2.18. The van der Waals surface area contributed by atoms with Crippen LogP contribution in [0, 0.1) is 11.2 Å². The van der Waals surface area contributed by atoms with Crippen molar-refractivity contribution in [2.45, 2.75) is 25.7 Å². The summed E-state index contributed by atoms with van der Waals surface area (Å²) in [7, 11) is 0. The molecule has 1 aromatic heterocycles. The minimum Gasteiger partial charge on any atom is -0.508 e. The number of carbonyl (C=O) groups is 1. The number of Topliss-reactive ketones (excluding diaryl/α,β-unsaturated/α-hetero) is 1. The fourth-order valence-corrected chi connectivity index (χ4v) is 3.68. The van der Waals surface area contributed by atoms with E-state index in [0.29, 0.717) is 37.7 Å². The molecule has 6 nitrogen and oxygen atoms in total. The summed E-state index contributed by atoms with van der Waals surface area (Å²) in [5, 5.41) is 9.35. The predicted molar refractivity (Wildman–Crippen MR) is 82.1 cm³/mol. The maximum Gasteiger partial charge on any atom is 0.263 e. The van der Waals surface area contributed by atoms with Crippen molar-refractivity contribution in [3.8, 4) is 5.75 Å². The highest BCUT2D eigenvalue weighted by molar-refractivity contribution is 5.86. The highest BCUT2D eigenvalue weighted by Crippen LogP contribution is 2.46. The molecule has 0 radical (unpaired) electrons. The minimum absolute atomic E-state index is 0.134. The molecule has 2 N–H and O–H groups in total.